The number of carbonyl (C=O) groups is 2. The summed E-state index contributed by atoms with van der Waals surface area (Å²) in [6.07, 6.45) is 12.4. The van der Waals surface area contributed by atoms with Crippen molar-refractivity contribution in [3.05, 3.63) is 11.6 Å². The van der Waals surface area contributed by atoms with Gasteiger partial charge >= 0.3 is 5.97 Å². The Bertz CT molecular complexity index is 807. The molecule has 3 fully saturated rings. The second-order valence-corrected chi connectivity index (χ2v) is 13.1. The fraction of sp³-hybridized carbons (Fsp3) is 0.862. The van der Waals surface area contributed by atoms with E-state index in [0.717, 1.165) is 44.9 Å². The maximum Gasteiger partial charge on any atom is 0.302 e. The number of hydrogen-bond donors (Lipinski definition) is 1. The van der Waals surface area contributed by atoms with Crippen LogP contribution in [-0.2, 0) is 14.3 Å². The van der Waals surface area contributed by atoms with Crippen molar-refractivity contribution in [3.63, 3.8) is 0 Å². The van der Waals surface area contributed by atoms with Crippen LogP contribution >= 0.6 is 0 Å². The van der Waals surface area contributed by atoms with E-state index in [1.807, 2.05) is 19.9 Å². The molecule has 4 aliphatic carbocycles. The summed E-state index contributed by atoms with van der Waals surface area (Å²) < 4.78 is 5.53. The Morgan fingerprint density at radius 3 is 2.58 bits per heavy atom. The lowest BCUT2D eigenvalue weighted by molar-refractivity contribution is -0.149. The van der Waals surface area contributed by atoms with Gasteiger partial charge in [0.1, 0.15) is 6.10 Å². The highest BCUT2D eigenvalue weighted by Crippen LogP contribution is 2.66. The molecule has 4 heteroatoms. The van der Waals surface area contributed by atoms with Gasteiger partial charge in [0.05, 0.1) is 5.60 Å². The highest BCUT2D eigenvalue weighted by Gasteiger charge is 2.61. The van der Waals surface area contributed by atoms with Gasteiger partial charge in [-0.3, -0.25) is 9.59 Å². The van der Waals surface area contributed by atoms with E-state index in [0.29, 0.717) is 29.5 Å². The molecule has 0 aliphatic heterocycles. The van der Waals surface area contributed by atoms with E-state index in [1.165, 1.54) is 31.8 Å². The van der Waals surface area contributed by atoms with Gasteiger partial charge in [0, 0.05) is 19.3 Å². The van der Waals surface area contributed by atoms with E-state index in [1.54, 1.807) is 0 Å². The number of rotatable bonds is 6. The zero-order valence-electron chi connectivity index (χ0n) is 21.8. The molecule has 4 rings (SSSR count). The molecule has 0 amide bonds. The minimum atomic E-state index is -0.581. The van der Waals surface area contributed by atoms with Crippen LogP contribution in [0.2, 0.25) is 0 Å². The third kappa shape index (κ3) is 4.58. The molecule has 0 aromatic carbocycles. The zero-order valence-corrected chi connectivity index (χ0v) is 21.8. The van der Waals surface area contributed by atoms with Crippen LogP contribution in [0.25, 0.3) is 0 Å². The van der Waals surface area contributed by atoms with E-state index in [-0.39, 0.29) is 28.8 Å². The lowest BCUT2D eigenvalue weighted by Gasteiger charge is -2.57. The Kier molecular flexibility index (Phi) is 6.66. The van der Waals surface area contributed by atoms with Crippen LogP contribution in [0.1, 0.15) is 106 Å². The van der Waals surface area contributed by atoms with E-state index < -0.39 is 5.60 Å². The summed E-state index contributed by atoms with van der Waals surface area (Å²) in [5, 5.41) is 10.1. The molecule has 0 aromatic heterocycles. The van der Waals surface area contributed by atoms with Crippen LogP contribution in [0.15, 0.2) is 11.6 Å². The molecule has 0 radical (unpaired) electrons. The van der Waals surface area contributed by atoms with Crippen LogP contribution < -0.4 is 0 Å². The first-order chi connectivity index (χ1) is 15.3. The number of aliphatic hydroxyl groups is 1. The maximum atomic E-state index is 13.6. The number of carbonyl (C=O) groups excluding carboxylic acids is 2. The molecular formula is C29H46O4. The van der Waals surface area contributed by atoms with Crippen molar-refractivity contribution in [1.29, 1.82) is 0 Å². The fourth-order valence-electron chi connectivity index (χ4n) is 8.74. The summed E-state index contributed by atoms with van der Waals surface area (Å²) in [7, 11) is 0. The fourth-order valence-corrected chi connectivity index (χ4v) is 8.74. The summed E-state index contributed by atoms with van der Waals surface area (Å²) in [4.78, 5) is 25.1. The second-order valence-electron chi connectivity index (χ2n) is 13.1. The van der Waals surface area contributed by atoms with Crippen LogP contribution in [0.3, 0.4) is 0 Å². The van der Waals surface area contributed by atoms with Gasteiger partial charge in [-0.1, -0.05) is 39.2 Å². The molecule has 1 N–H and O–H groups in total. The first-order valence-electron chi connectivity index (χ1n) is 13.5. The van der Waals surface area contributed by atoms with E-state index >= 15 is 0 Å². The smallest absolute Gasteiger partial charge is 0.302 e. The average Bonchev–Trinajstić information content (AvgIpc) is 3.05. The number of ether oxygens (including phenoxy) is 1. The molecule has 4 aliphatic rings. The SMILES string of the molecule is CC(=O)O[C@H]1CC[C@@]2(C)C(=CC(=O)[C@H]3[C@@H]4CC[C@H](C(C)CCCC(C)(C)O)[C@@]4(C)CC[C@@H]32)C1. The predicted octanol–water partition coefficient (Wildman–Crippen LogP) is 6.25. The molecule has 1 unspecified atom stereocenters. The molecule has 8 atom stereocenters. The average molecular weight is 459 g/mol. The van der Waals surface area contributed by atoms with Crippen molar-refractivity contribution < 1.29 is 19.4 Å². The Morgan fingerprint density at radius 2 is 1.91 bits per heavy atom. The van der Waals surface area contributed by atoms with E-state index in [4.69, 9.17) is 4.74 Å². The van der Waals surface area contributed by atoms with Crippen LogP contribution in [0, 0.1) is 40.4 Å². The highest BCUT2D eigenvalue weighted by atomic mass is 16.5. The monoisotopic (exact) mass is 458 g/mol. The summed E-state index contributed by atoms with van der Waals surface area (Å²) in [5.74, 6) is 2.54. The normalized spacial score (nSPS) is 41.5. The molecule has 0 saturated heterocycles. The molecule has 3 saturated carbocycles. The minimum absolute atomic E-state index is 0.0689. The summed E-state index contributed by atoms with van der Waals surface area (Å²) >= 11 is 0. The molecule has 0 bridgehead atoms. The van der Waals surface area contributed by atoms with Crippen molar-refractivity contribution in [2.45, 2.75) is 117 Å². The van der Waals surface area contributed by atoms with Gasteiger partial charge in [-0.15, -0.1) is 0 Å². The number of hydrogen-bond acceptors (Lipinski definition) is 4. The Morgan fingerprint density at radius 1 is 1.18 bits per heavy atom. The van der Waals surface area contributed by atoms with Crippen molar-refractivity contribution >= 4 is 11.8 Å². The first kappa shape index (κ1) is 24.9. The maximum absolute atomic E-state index is 13.6. The molecule has 4 nitrogen and oxygen atoms in total. The first-order valence-corrected chi connectivity index (χ1v) is 13.5. The van der Waals surface area contributed by atoms with Crippen molar-refractivity contribution in [1.82, 2.24) is 0 Å². The Hall–Kier alpha value is -1.16. The number of allylic oxidation sites excluding steroid dienone is 1. The third-order valence-electron chi connectivity index (χ3n) is 10.4. The standard InChI is InChI=1S/C29H46O4/c1-18(8-7-13-27(3,4)32)22-9-10-23-26-24(12-15-29(22,23)6)28(5)14-11-21(33-19(2)30)16-20(28)17-25(26)31/h17-18,21-24,26,32H,7-16H2,1-6H3/t18?,21-,22+,23-,24-,26-,28-,29+/m0/s1. The van der Waals surface area contributed by atoms with E-state index in [9.17, 15) is 14.7 Å². The molecule has 186 valence electrons. The minimum Gasteiger partial charge on any atom is -0.462 e. The lowest BCUT2D eigenvalue weighted by Crippen LogP contribution is -2.53. The van der Waals surface area contributed by atoms with Gasteiger partial charge in [0.2, 0.25) is 0 Å². The van der Waals surface area contributed by atoms with Crippen LogP contribution in [-0.4, -0.2) is 28.6 Å². The summed E-state index contributed by atoms with van der Waals surface area (Å²) in [6.45, 7) is 12.6. The topological polar surface area (TPSA) is 63.6 Å². The molecule has 0 aromatic rings. The number of fused-ring (bicyclic) bond motifs is 5. The second kappa shape index (κ2) is 8.81. The van der Waals surface area contributed by atoms with Gasteiger partial charge in [0.15, 0.2) is 5.78 Å². The van der Waals surface area contributed by atoms with E-state index in [2.05, 4.69) is 20.8 Å². The third-order valence-corrected chi connectivity index (χ3v) is 10.4. The lowest BCUT2D eigenvalue weighted by atomic mass is 9.46. The van der Waals surface area contributed by atoms with Crippen molar-refractivity contribution in [3.8, 4) is 0 Å². The highest BCUT2D eigenvalue weighted by molar-refractivity contribution is 5.94. The Balaban J connectivity index is 1.51. The summed E-state index contributed by atoms with van der Waals surface area (Å²) in [5.41, 5.74) is 0.987. The van der Waals surface area contributed by atoms with Crippen molar-refractivity contribution in [2.75, 3.05) is 0 Å². The molecule has 0 heterocycles. The molecule has 33 heavy (non-hydrogen) atoms. The zero-order chi connectivity index (χ0) is 24.2. The van der Waals surface area contributed by atoms with Crippen LogP contribution in [0.5, 0.6) is 0 Å². The van der Waals surface area contributed by atoms with Gasteiger partial charge in [-0.25, -0.2) is 0 Å². The largest absolute Gasteiger partial charge is 0.462 e. The van der Waals surface area contributed by atoms with Gasteiger partial charge in [0.25, 0.3) is 0 Å². The van der Waals surface area contributed by atoms with Gasteiger partial charge in [-0.2, -0.15) is 0 Å². The predicted molar refractivity (Wildman–Crippen MR) is 130 cm³/mol. The quantitative estimate of drug-likeness (QED) is 0.478. The summed E-state index contributed by atoms with van der Waals surface area (Å²) in [6, 6.07) is 0. The molecular weight excluding hydrogens is 412 g/mol. The van der Waals surface area contributed by atoms with Gasteiger partial charge < -0.3 is 9.84 Å². The number of esters is 1. The Labute approximate surface area is 200 Å². The van der Waals surface area contributed by atoms with Crippen molar-refractivity contribution in [2.24, 2.45) is 40.4 Å². The van der Waals surface area contributed by atoms with Gasteiger partial charge in [-0.05, 0) is 99.4 Å². The van der Waals surface area contributed by atoms with Crippen LogP contribution in [0.4, 0.5) is 0 Å². The molecule has 0 spiro atoms. The number of ketones is 1.